The quantitative estimate of drug-likeness (QED) is 0.755. The van der Waals surface area contributed by atoms with E-state index in [0.717, 1.165) is 44.0 Å². The summed E-state index contributed by atoms with van der Waals surface area (Å²) in [5.41, 5.74) is 0.740. The van der Waals surface area contributed by atoms with Gasteiger partial charge in [0.15, 0.2) is 0 Å². The molecule has 6 nitrogen and oxygen atoms in total. The molecule has 2 saturated heterocycles. The molecule has 1 aromatic rings. The van der Waals surface area contributed by atoms with E-state index in [4.69, 9.17) is 0 Å². The maximum absolute atomic E-state index is 13.0. The Labute approximate surface area is 186 Å². The molecule has 0 unspecified atom stereocenters. The minimum absolute atomic E-state index is 0.00676. The number of rotatable bonds is 5. The summed E-state index contributed by atoms with van der Waals surface area (Å²) < 4.78 is 0. The van der Waals surface area contributed by atoms with Crippen LogP contribution in [-0.2, 0) is 9.59 Å². The van der Waals surface area contributed by atoms with Gasteiger partial charge in [-0.25, -0.2) is 4.98 Å². The molecule has 3 aliphatic rings. The normalized spacial score (nSPS) is 24.7. The molecule has 2 atom stereocenters. The van der Waals surface area contributed by atoms with Gasteiger partial charge in [-0.05, 0) is 49.7 Å². The average Bonchev–Trinajstić information content (AvgIpc) is 3.09. The van der Waals surface area contributed by atoms with Crippen LogP contribution in [0.3, 0.4) is 0 Å². The monoisotopic (exact) mass is 426 g/mol. The smallest absolute Gasteiger partial charge is 0.226 e. The number of nitrogens with one attached hydrogen (secondary N) is 1. The number of anilines is 2. The Bertz CT molecular complexity index is 757. The molecular weight excluding hydrogens is 388 g/mol. The van der Waals surface area contributed by atoms with Gasteiger partial charge >= 0.3 is 0 Å². The van der Waals surface area contributed by atoms with Crippen molar-refractivity contribution in [2.24, 2.45) is 17.8 Å². The number of pyridine rings is 1. The van der Waals surface area contributed by atoms with E-state index in [1.54, 1.807) is 6.20 Å². The first-order chi connectivity index (χ1) is 15.0. The molecule has 0 aromatic carbocycles. The predicted molar refractivity (Wildman–Crippen MR) is 124 cm³/mol. The number of nitrogens with zero attached hydrogens (tertiary/aromatic N) is 3. The van der Waals surface area contributed by atoms with E-state index in [1.165, 1.54) is 44.9 Å². The highest BCUT2D eigenvalue weighted by Gasteiger charge is 2.40. The van der Waals surface area contributed by atoms with Crippen LogP contribution < -0.4 is 10.2 Å². The molecule has 1 aliphatic carbocycles. The highest BCUT2D eigenvalue weighted by atomic mass is 16.2. The van der Waals surface area contributed by atoms with Crippen LogP contribution in [0.2, 0.25) is 0 Å². The summed E-state index contributed by atoms with van der Waals surface area (Å²) in [6.07, 6.45) is 12.4. The Balaban J connectivity index is 1.41. The molecule has 0 radical (unpaired) electrons. The van der Waals surface area contributed by atoms with Crippen molar-refractivity contribution in [1.29, 1.82) is 0 Å². The van der Waals surface area contributed by atoms with Crippen LogP contribution in [0.25, 0.3) is 0 Å². The van der Waals surface area contributed by atoms with E-state index < -0.39 is 0 Å². The molecule has 3 heterocycles. The van der Waals surface area contributed by atoms with Crippen LogP contribution in [-0.4, -0.2) is 47.4 Å². The molecule has 0 spiro atoms. The number of carbonyl (C=O) groups is 2. The molecular formula is C25H38N4O2. The second-order valence-corrected chi connectivity index (χ2v) is 10.1. The van der Waals surface area contributed by atoms with Gasteiger partial charge in [-0.1, -0.05) is 39.5 Å². The standard InChI is InChI=1S/C25H38N4O2/c1-18(2)25(31)27-21-11-12-23(26-15-21)29-13-7-6-10-20-16-28(17-22(20)29)24(30)14-19-8-4-3-5-9-19/h11-12,15,18-20,22H,3-10,13-14,16-17H2,1-2H3,(H,27,31)/t20-,22+/m1/s1. The van der Waals surface area contributed by atoms with Gasteiger partial charge in [0.2, 0.25) is 11.8 Å². The molecule has 4 rings (SSSR count). The molecule has 1 saturated carbocycles. The van der Waals surface area contributed by atoms with E-state index in [-0.39, 0.29) is 11.8 Å². The van der Waals surface area contributed by atoms with Gasteiger partial charge in [0.25, 0.3) is 0 Å². The number of fused-ring (bicyclic) bond motifs is 1. The first-order valence-electron chi connectivity index (χ1n) is 12.3. The molecule has 0 bridgehead atoms. The van der Waals surface area contributed by atoms with Crippen LogP contribution >= 0.6 is 0 Å². The van der Waals surface area contributed by atoms with Crippen molar-refractivity contribution in [3.63, 3.8) is 0 Å². The van der Waals surface area contributed by atoms with Crippen molar-refractivity contribution >= 4 is 23.3 Å². The third-order valence-corrected chi connectivity index (χ3v) is 7.41. The van der Waals surface area contributed by atoms with Gasteiger partial charge in [0, 0.05) is 32.0 Å². The average molecular weight is 427 g/mol. The van der Waals surface area contributed by atoms with E-state index in [9.17, 15) is 9.59 Å². The zero-order valence-electron chi connectivity index (χ0n) is 19.2. The lowest BCUT2D eigenvalue weighted by Gasteiger charge is -2.31. The highest BCUT2D eigenvalue weighted by Crippen LogP contribution is 2.34. The van der Waals surface area contributed by atoms with Crippen molar-refractivity contribution in [2.75, 3.05) is 29.9 Å². The Kier molecular flexibility index (Phi) is 7.13. The lowest BCUT2D eigenvalue weighted by Crippen LogP contribution is -2.41. The third-order valence-electron chi connectivity index (χ3n) is 7.41. The molecule has 6 heteroatoms. The van der Waals surface area contributed by atoms with Crippen LogP contribution in [0.1, 0.15) is 71.6 Å². The molecule has 1 aromatic heterocycles. The summed E-state index contributed by atoms with van der Waals surface area (Å²) in [4.78, 5) is 34.2. The van der Waals surface area contributed by atoms with Gasteiger partial charge in [-0.3, -0.25) is 9.59 Å². The third kappa shape index (κ3) is 5.39. The fourth-order valence-corrected chi connectivity index (χ4v) is 5.52. The molecule has 2 aliphatic heterocycles. The summed E-state index contributed by atoms with van der Waals surface area (Å²) in [5.74, 6) is 2.40. The number of hydrogen-bond donors (Lipinski definition) is 1. The minimum Gasteiger partial charge on any atom is -0.352 e. The van der Waals surface area contributed by atoms with E-state index in [2.05, 4.69) is 20.1 Å². The first-order valence-corrected chi connectivity index (χ1v) is 12.3. The summed E-state index contributed by atoms with van der Waals surface area (Å²) in [6.45, 7) is 6.47. The van der Waals surface area contributed by atoms with Crippen LogP contribution in [0.5, 0.6) is 0 Å². The lowest BCUT2D eigenvalue weighted by molar-refractivity contribution is -0.131. The van der Waals surface area contributed by atoms with E-state index in [0.29, 0.717) is 23.8 Å². The zero-order chi connectivity index (χ0) is 21.8. The Morgan fingerprint density at radius 3 is 2.55 bits per heavy atom. The lowest BCUT2D eigenvalue weighted by atomic mass is 9.87. The Morgan fingerprint density at radius 2 is 1.84 bits per heavy atom. The zero-order valence-corrected chi connectivity index (χ0v) is 19.2. The van der Waals surface area contributed by atoms with Crippen molar-refractivity contribution in [3.05, 3.63) is 18.3 Å². The van der Waals surface area contributed by atoms with Crippen LogP contribution in [0, 0.1) is 17.8 Å². The predicted octanol–water partition coefficient (Wildman–Crippen LogP) is 4.46. The summed E-state index contributed by atoms with van der Waals surface area (Å²) in [7, 11) is 0. The number of amides is 2. The summed E-state index contributed by atoms with van der Waals surface area (Å²) in [5, 5.41) is 2.92. The number of aromatic nitrogens is 1. The molecule has 3 fully saturated rings. The number of hydrogen-bond acceptors (Lipinski definition) is 4. The Morgan fingerprint density at radius 1 is 1.06 bits per heavy atom. The fraction of sp³-hybridized carbons (Fsp3) is 0.720. The minimum atomic E-state index is -0.0540. The molecule has 1 N–H and O–H groups in total. The Hall–Kier alpha value is -2.11. The molecule has 31 heavy (non-hydrogen) atoms. The van der Waals surface area contributed by atoms with Crippen LogP contribution in [0.15, 0.2) is 18.3 Å². The van der Waals surface area contributed by atoms with Crippen LogP contribution in [0.4, 0.5) is 11.5 Å². The highest BCUT2D eigenvalue weighted by molar-refractivity contribution is 5.91. The van der Waals surface area contributed by atoms with Gasteiger partial charge in [-0.15, -0.1) is 0 Å². The van der Waals surface area contributed by atoms with Gasteiger partial charge in [-0.2, -0.15) is 0 Å². The maximum Gasteiger partial charge on any atom is 0.226 e. The number of likely N-dealkylation sites (tertiary alicyclic amines) is 1. The van der Waals surface area contributed by atoms with Gasteiger partial charge in [0.1, 0.15) is 5.82 Å². The SMILES string of the molecule is CC(C)C(=O)Nc1ccc(N2CCCC[C@@H]3CN(C(=O)CC4CCCCC4)C[C@@H]32)nc1. The van der Waals surface area contributed by atoms with Crippen molar-refractivity contribution in [2.45, 2.75) is 77.7 Å². The van der Waals surface area contributed by atoms with E-state index >= 15 is 0 Å². The molecule has 170 valence electrons. The molecule has 2 amide bonds. The second-order valence-electron chi connectivity index (χ2n) is 10.1. The van der Waals surface area contributed by atoms with Crippen molar-refractivity contribution in [3.8, 4) is 0 Å². The van der Waals surface area contributed by atoms with E-state index in [1.807, 2.05) is 26.0 Å². The second kappa shape index (κ2) is 10.0. The topological polar surface area (TPSA) is 65.5 Å². The first kappa shape index (κ1) is 22.1. The van der Waals surface area contributed by atoms with Gasteiger partial charge in [0.05, 0.1) is 17.9 Å². The van der Waals surface area contributed by atoms with Crippen molar-refractivity contribution in [1.82, 2.24) is 9.88 Å². The van der Waals surface area contributed by atoms with Gasteiger partial charge < -0.3 is 15.1 Å². The number of carbonyl (C=O) groups excluding carboxylic acids is 2. The largest absolute Gasteiger partial charge is 0.352 e. The summed E-state index contributed by atoms with van der Waals surface area (Å²) >= 11 is 0. The van der Waals surface area contributed by atoms with Crippen molar-refractivity contribution < 1.29 is 9.59 Å². The summed E-state index contributed by atoms with van der Waals surface area (Å²) in [6, 6.07) is 4.32. The maximum atomic E-state index is 13.0. The fourth-order valence-electron chi connectivity index (χ4n) is 5.52.